The molecule has 1 aliphatic rings. The number of benzene rings is 2. The molecular formula is C28H37BN2O6. The first-order valence-corrected chi connectivity index (χ1v) is 12.8. The Morgan fingerprint density at radius 3 is 2.41 bits per heavy atom. The molecule has 0 spiro atoms. The number of fused-ring (bicyclic) bond motifs is 1. The van der Waals surface area contributed by atoms with Crippen molar-refractivity contribution in [3.8, 4) is 11.5 Å². The van der Waals surface area contributed by atoms with E-state index in [0.717, 1.165) is 27.6 Å². The highest BCUT2D eigenvalue weighted by Crippen LogP contribution is 2.37. The van der Waals surface area contributed by atoms with Crippen molar-refractivity contribution in [2.75, 3.05) is 13.7 Å². The second-order valence-corrected chi connectivity index (χ2v) is 10.6. The summed E-state index contributed by atoms with van der Waals surface area (Å²) in [5, 5.41) is 5.85. The van der Waals surface area contributed by atoms with Gasteiger partial charge in [-0.25, -0.2) is 0 Å². The van der Waals surface area contributed by atoms with Gasteiger partial charge < -0.3 is 23.5 Å². The van der Waals surface area contributed by atoms with Gasteiger partial charge in [-0.15, -0.1) is 0 Å². The van der Waals surface area contributed by atoms with Crippen molar-refractivity contribution in [1.82, 2.24) is 9.78 Å². The van der Waals surface area contributed by atoms with E-state index in [1.54, 1.807) is 26.2 Å². The maximum absolute atomic E-state index is 12.2. The van der Waals surface area contributed by atoms with Crippen molar-refractivity contribution in [2.45, 2.75) is 78.7 Å². The molecule has 4 rings (SSSR count). The minimum Gasteiger partial charge on any atom is -0.497 e. The van der Waals surface area contributed by atoms with Crippen LogP contribution in [0.1, 0.15) is 65.8 Å². The lowest BCUT2D eigenvalue weighted by Crippen LogP contribution is -2.41. The summed E-state index contributed by atoms with van der Waals surface area (Å²) in [6, 6.07) is 11.8. The van der Waals surface area contributed by atoms with Crippen molar-refractivity contribution in [3.63, 3.8) is 0 Å². The van der Waals surface area contributed by atoms with E-state index in [1.165, 1.54) is 0 Å². The Bertz CT molecular complexity index is 1270. The zero-order valence-corrected chi connectivity index (χ0v) is 23.1. The van der Waals surface area contributed by atoms with Crippen LogP contribution < -0.4 is 14.9 Å². The highest BCUT2D eigenvalue weighted by Gasteiger charge is 2.51. The van der Waals surface area contributed by atoms with Gasteiger partial charge in [0.15, 0.2) is 0 Å². The lowest BCUT2D eigenvalue weighted by atomic mass is 9.78. The number of nitrogens with zero attached hydrogens (tertiary/aromatic N) is 2. The van der Waals surface area contributed by atoms with Gasteiger partial charge in [0, 0.05) is 23.1 Å². The number of ether oxygens (including phenoxy) is 3. The molecule has 0 saturated carbocycles. The Morgan fingerprint density at radius 2 is 1.78 bits per heavy atom. The second kappa shape index (κ2) is 10.4. The number of carbonyl (C=O) groups excluding carboxylic acids is 1. The van der Waals surface area contributed by atoms with Crippen molar-refractivity contribution in [3.05, 3.63) is 47.7 Å². The highest BCUT2D eigenvalue weighted by molar-refractivity contribution is 6.62. The van der Waals surface area contributed by atoms with E-state index in [1.807, 2.05) is 44.5 Å². The fourth-order valence-corrected chi connectivity index (χ4v) is 4.30. The lowest BCUT2D eigenvalue weighted by Gasteiger charge is -2.32. The average molecular weight is 508 g/mol. The third-order valence-corrected chi connectivity index (χ3v) is 7.10. The molecule has 37 heavy (non-hydrogen) atoms. The van der Waals surface area contributed by atoms with Crippen LogP contribution in [0.5, 0.6) is 11.5 Å². The van der Waals surface area contributed by atoms with Crippen molar-refractivity contribution in [1.29, 1.82) is 0 Å². The molecule has 1 aromatic heterocycles. The molecular weight excluding hydrogens is 471 g/mol. The van der Waals surface area contributed by atoms with Gasteiger partial charge in [-0.2, -0.15) is 5.10 Å². The van der Waals surface area contributed by atoms with E-state index in [0.29, 0.717) is 18.1 Å². The molecule has 0 unspecified atom stereocenters. The van der Waals surface area contributed by atoms with Gasteiger partial charge >= 0.3 is 13.1 Å². The number of esters is 1. The molecule has 2 aromatic carbocycles. The summed E-state index contributed by atoms with van der Waals surface area (Å²) in [6.07, 6.45) is 0.112. The van der Waals surface area contributed by atoms with Crippen LogP contribution in [0.25, 0.3) is 10.9 Å². The molecule has 0 aliphatic carbocycles. The monoisotopic (exact) mass is 508 g/mol. The molecule has 3 aromatic rings. The zero-order chi connectivity index (χ0) is 27.0. The molecule has 1 saturated heterocycles. The SMILES string of the molecule is CCOC(=O)Cc1ccc(OC)cc1OCc1nn(C(C)C)c2ccc(B3OC(C)(C)C(C)(C)O3)cc12. The normalized spacial score (nSPS) is 16.4. The quantitative estimate of drug-likeness (QED) is 0.309. The Kier molecular flexibility index (Phi) is 7.58. The van der Waals surface area contributed by atoms with Crippen LogP contribution in [0.2, 0.25) is 0 Å². The van der Waals surface area contributed by atoms with Gasteiger partial charge in [-0.3, -0.25) is 9.48 Å². The minimum absolute atomic E-state index is 0.112. The largest absolute Gasteiger partial charge is 0.497 e. The number of hydrogen-bond donors (Lipinski definition) is 0. The van der Waals surface area contributed by atoms with Crippen molar-refractivity contribution >= 4 is 29.5 Å². The molecule has 8 nitrogen and oxygen atoms in total. The smallest absolute Gasteiger partial charge is 0.494 e. The van der Waals surface area contributed by atoms with E-state index >= 15 is 0 Å². The standard InChI is InChI=1S/C28H37BN2O6/c1-9-34-26(32)14-19-10-12-21(33-8)16-25(19)35-17-23-22-15-20(11-13-24(22)31(30-23)18(2)3)29-36-27(4,5)28(6,7)37-29/h10-13,15-16,18H,9,14,17H2,1-8H3. The fraction of sp³-hybridized carbons (Fsp3) is 0.500. The van der Waals surface area contributed by atoms with Crippen LogP contribution >= 0.6 is 0 Å². The van der Waals surface area contributed by atoms with Gasteiger partial charge in [-0.05, 0) is 66.1 Å². The van der Waals surface area contributed by atoms with E-state index in [-0.39, 0.29) is 25.0 Å². The summed E-state index contributed by atoms with van der Waals surface area (Å²) in [6.45, 7) is 14.7. The van der Waals surface area contributed by atoms with Gasteiger partial charge in [-0.1, -0.05) is 18.2 Å². The molecule has 1 fully saturated rings. The van der Waals surface area contributed by atoms with Crippen LogP contribution in [0.15, 0.2) is 36.4 Å². The Balaban J connectivity index is 1.66. The number of aromatic nitrogens is 2. The van der Waals surface area contributed by atoms with Crippen LogP contribution in [0.3, 0.4) is 0 Å². The van der Waals surface area contributed by atoms with Gasteiger partial charge in [0.1, 0.15) is 23.8 Å². The summed E-state index contributed by atoms with van der Waals surface area (Å²) >= 11 is 0. The topological polar surface area (TPSA) is 81.0 Å². The van der Waals surface area contributed by atoms with Crippen molar-refractivity contribution in [2.24, 2.45) is 0 Å². The summed E-state index contributed by atoms with van der Waals surface area (Å²) < 4.78 is 31.3. The number of hydrogen-bond acceptors (Lipinski definition) is 7. The highest BCUT2D eigenvalue weighted by atomic mass is 16.7. The summed E-state index contributed by atoms with van der Waals surface area (Å²) in [4.78, 5) is 12.2. The van der Waals surface area contributed by atoms with Gasteiger partial charge in [0.25, 0.3) is 0 Å². The first-order valence-electron chi connectivity index (χ1n) is 12.8. The van der Waals surface area contributed by atoms with Crippen LogP contribution in [0.4, 0.5) is 0 Å². The zero-order valence-electron chi connectivity index (χ0n) is 23.1. The number of methoxy groups -OCH3 is 1. The average Bonchev–Trinajstić information content (AvgIpc) is 3.31. The van der Waals surface area contributed by atoms with E-state index in [4.69, 9.17) is 28.6 Å². The van der Waals surface area contributed by atoms with Gasteiger partial charge in [0.05, 0.1) is 36.9 Å². The second-order valence-electron chi connectivity index (χ2n) is 10.6. The summed E-state index contributed by atoms with van der Waals surface area (Å²) in [5.74, 6) is 0.893. The third-order valence-electron chi connectivity index (χ3n) is 7.10. The lowest BCUT2D eigenvalue weighted by molar-refractivity contribution is -0.142. The maximum atomic E-state index is 12.2. The summed E-state index contributed by atoms with van der Waals surface area (Å²) in [5.41, 5.74) is 2.59. The summed E-state index contributed by atoms with van der Waals surface area (Å²) in [7, 11) is 1.12. The Morgan fingerprint density at radius 1 is 1.08 bits per heavy atom. The van der Waals surface area contributed by atoms with Crippen LogP contribution in [0, 0.1) is 0 Å². The predicted octanol–water partition coefficient (Wildman–Crippen LogP) is 4.61. The van der Waals surface area contributed by atoms with Crippen molar-refractivity contribution < 1.29 is 28.3 Å². The Labute approximate surface area is 219 Å². The predicted molar refractivity (Wildman–Crippen MR) is 143 cm³/mol. The van der Waals surface area contributed by atoms with E-state index < -0.39 is 18.3 Å². The van der Waals surface area contributed by atoms with Crippen LogP contribution in [-0.2, 0) is 31.9 Å². The third kappa shape index (κ3) is 5.48. The molecule has 0 bridgehead atoms. The fourth-order valence-electron chi connectivity index (χ4n) is 4.30. The molecule has 2 heterocycles. The van der Waals surface area contributed by atoms with Crippen LogP contribution in [-0.4, -0.2) is 47.8 Å². The minimum atomic E-state index is -0.472. The molecule has 1 aliphatic heterocycles. The molecule has 9 heteroatoms. The maximum Gasteiger partial charge on any atom is 0.494 e. The first-order chi connectivity index (χ1) is 17.5. The molecule has 0 amide bonds. The molecule has 0 radical (unpaired) electrons. The number of carbonyl (C=O) groups is 1. The first kappa shape index (κ1) is 27.0. The van der Waals surface area contributed by atoms with Gasteiger partial charge in [0.2, 0.25) is 0 Å². The number of rotatable bonds is 9. The molecule has 0 N–H and O–H groups in total. The Hall–Kier alpha value is -3.04. The van der Waals surface area contributed by atoms with E-state index in [2.05, 4.69) is 26.0 Å². The molecule has 0 atom stereocenters. The molecule has 198 valence electrons. The van der Waals surface area contributed by atoms with E-state index in [9.17, 15) is 4.79 Å².